The molecule has 0 bridgehead atoms. The van der Waals surface area contributed by atoms with Crippen LogP contribution in [0.25, 0.3) is 0 Å². The Bertz CT molecular complexity index is 183. The van der Waals surface area contributed by atoms with E-state index in [0.717, 1.165) is 0 Å². The molecule has 0 spiro atoms. The molecule has 4 heteroatoms. The van der Waals surface area contributed by atoms with Crippen LogP contribution in [0.3, 0.4) is 0 Å². The van der Waals surface area contributed by atoms with Gasteiger partial charge in [0, 0.05) is 6.04 Å². The second-order valence-corrected chi connectivity index (χ2v) is 3.26. The third-order valence-corrected chi connectivity index (χ3v) is 2.26. The van der Waals surface area contributed by atoms with Gasteiger partial charge < -0.3 is 15.2 Å². The van der Waals surface area contributed by atoms with Crippen LogP contribution in [0.15, 0.2) is 0 Å². The highest BCUT2D eigenvalue weighted by Gasteiger charge is 2.45. The zero-order valence-electron chi connectivity index (χ0n) is 7.50. The number of nitrogens with two attached hydrogens (primary N) is 1. The van der Waals surface area contributed by atoms with Gasteiger partial charge in [0.25, 0.3) is 0 Å². The maximum absolute atomic E-state index is 11.4. The van der Waals surface area contributed by atoms with Gasteiger partial charge in [-0.05, 0) is 13.8 Å². The normalized spacial score (nSPS) is 35.1. The van der Waals surface area contributed by atoms with E-state index in [4.69, 9.17) is 15.2 Å². The fourth-order valence-electron chi connectivity index (χ4n) is 1.20. The van der Waals surface area contributed by atoms with E-state index in [-0.39, 0.29) is 12.0 Å². The van der Waals surface area contributed by atoms with E-state index in [1.54, 1.807) is 13.8 Å². The Hall–Kier alpha value is -0.610. The predicted octanol–water partition coefficient (Wildman–Crippen LogP) is -0.0867. The number of esters is 1. The lowest BCUT2D eigenvalue weighted by atomic mass is 9.86. The lowest BCUT2D eigenvalue weighted by Gasteiger charge is -2.23. The molecule has 0 aromatic heterocycles. The van der Waals surface area contributed by atoms with Gasteiger partial charge in [-0.2, -0.15) is 0 Å². The van der Waals surface area contributed by atoms with Crippen LogP contribution in [0.2, 0.25) is 0 Å². The Kier molecular flexibility index (Phi) is 2.69. The maximum Gasteiger partial charge on any atom is 0.315 e. The predicted molar refractivity (Wildman–Crippen MR) is 43.5 cm³/mol. The highest BCUT2D eigenvalue weighted by Crippen LogP contribution is 2.28. The van der Waals surface area contributed by atoms with Gasteiger partial charge in [0.1, 0.15) is 5.41 Å². The number of carbonyl (C=O) groups excluding carboxylic acids is 1. The molecule has 70 valence electrons. The van der Waals surface area contributed by atoms with Crippen molar-refractivity contribution in [3.63, 3.8) is 0 Å². The Balaban J connectivity index is 2.63. The van der Waals surface area contributed by atoms with Crippen molar-refractivity contribution in [3.8, 4) is 0 Å². The van der Waals surface area contributed by atoms with Crippen LogP contribution in [-0.4, -0.2) is 31.8 Å². The second kappa shape index (κ2) is 3.41. The van der Waals surface area contributed by atoms with Crippen molar-refractivity contribution in [3.05, 3.63) is 0 Å². The molecule has 1 heterocycles. The first-order valence-corrected chi connectivity index (χ1v) is 4.12. The molecule has 1 unspecified atom stereocenters. The molecule has 1 fully saturated rings. The van der Waals surface area contributed by atoms with Crippen LogP contribution < -0.4 is 5.73 Å². The molecule has 0 radical (unpaired) electrons. The van der Waals surface area contributed by atoms with E-state index in [1.807, 2.05) is 0 Å². The third kappa shape index (κ3) is 1.44. The first-order chi connectivity index (χ1) is 5.61. The van der Waals surface area contributed by atoms with Gasteiger partial charge >= 0.3 is 5.97 Å². The average Bonchev–Trinajstić information content (AvgIpc) is 2.34. The minimum Gasteiger partial charge on any atom is -0.465 e. The summed E-state index contributed by atoms with van der Waals surface area (Å²) in [5.41, 5.74) is 5.08. The van der Waals surface area contributed by atoms with Crippen molar-refractivity contribution in [2.45, 2.75) is 19.9 Å². The molecule has 0 amide bonds. The van der Waals surface area contributed by atoms with Crippen LogP contribution in [-0.2, 0) is 14.3 Å². The monoisotopic (exact) mass is 173 g/mol. The first kappa shape index (κ1) is 9.48. The Morgan fingerprint density at radius 1 is 1.83 bits per heavy atom. The lowest BCUT2D eigenvalue weighted by molar-refractivity contribution is -0.154. The first-order valence-electron chi connectivity index (χ1n) is 4.12. The molecule has 2 N–H and O–H groups in total. The highest BCUT2D eigenvalue weighted by atomic mass is 16.5. The fraction of sp³-hybridized carbons (Fsp3) is 0.875. The summed E-state index contributed by atoms with van der Waals surface area (Å²) in [6, 6.07) is -0.239. The Morgan fingerprint density at radius 2 is 2.50 bits per heavy atom. The molecule has 1 aliphatic heterocycles. The topological polar surface area (TPSA) is 61.5 Å². The van der Waals surface area contributed by atoms with Crippen molar-refractivity contribution in [2.75, 3.05) is 19.8 Å². The van der Waals surface area contributed by atoms with E-state index < -0.39 is 5.41 Å². The standard InChI is InChI=1S/C8H15NO3/c1-3-12-7(10)8(2)5-11-4-6(8)9/h6H,3-5,9H2,1-2H3/t6?,8-/m1/s1. The number of hydrogen-bond donors (Lipinski definition) is 1. The summed E-state index contributed by atoms with van der Waals surface area (Å²) in [4.78, 5) is 11.4. The van der Waals surface area contributed by atoms with E-state index in [2.05, 4.69) is 0 Å². The molecular formula is C8H15NO3. The smallest absolute Gasteiger partial charge is 0.315 e. The minimum atomic E-state index is -0.643. The molecule has 0 saturated carbocycles. The largest absolute Gasteiger partial charge is 0.465 e. The molecular weight excluding hydrogens is 158 g/mol. The molecule has 2 atom stereocenters. The van der Waals surface area contributed by atoms with Gasteiger partial charge in [0.2, 0.25) is 0 Å². The Labute approximate surface area is 72.0 Å². The summed E-state index contributed by atoms with van der Waals surface area (Å²) in [5.74, 6) is -0.255. The van der Waals surface area contributed by atoms with Gasteiger partial charge in [0.15, 0.2) is 0 Å². The minimum absolute atomic E-state index is 0.239. The van der Waals surface area contributed by atoms with E-state index in [0.29, 0.717) is 19.8 Å². The number of hydrogen-bond acceptors (Lipinski definition) is 4. The molecule has 4 nitrogen and oxygen atoms in total. The van der Waals surface area contributed by atoms with Crippen molar-refractivity contribution in [1.82, 2.24) is 0 Å². The molecule has 1 saturated heterocycles. The molecule has 1 aliphatic rings. The average molecular weight is 173 g/mol. The number of ether oxygens (including phenoxy) is 2. The quantitative estimate of drug-likeness (QED) is 0.593. The fourth-order valence-corrected chi connectivity index (χ4v) is 1.20. The molecule has 0 aliphatic carbocycles. The van der Waals surface area contributed by atoms with Crippen LogP contribution in [0, 0.1) is 5.41 Å². The zero-order valence-corrected chi connectivity index (χ0v) is 7.50. The van der Waals surface area contributed by atoms with E-state index >= 15 is 0 Å². The van der Waals surface area contributed by atoms with Crippen LogP contribution >= 0.6 is 0 Å². The van der Waals surface area contributed by atoms with E-state index in [9.17, 15) is 4.79 Å². The summed E-state index contributed by atoms with van der Waals surface area (Å²) in [7, 11) is 0. The summed E-state index contributed by atoms with van der Waals surface area (Å²) < 4.78 is 10.0. The zero-order chi connectivity index (χ0) is 9.19. The summed E-state index contributed by atoms with van der Waals surface area (Å²) in [6.07, 6.45) is 0. The van der Waals surface area contributed by atoms with Gasteiger partial charge in [-0.15, -0.1) is 0 Å². The molecule has 0 aromatic carbocycles. The van der Waals surface area contributed by atoms with Gasteiger partial charge in [-0.1, -0.05) is 0 Å². The van der Waals surface area contributed by atoms with Gasteiger partial charge in [-0.25, -0.2) is 0 Å². The third-order valence-electron chi connectivity index (χ3n) is 2.26. The van der Waals surface area contributed by atoms with Gasteiger partial charge in [-0.3, -0.25) is 4.79 Å². The maximum atomic E-state index is 11.4. The lowest BCUT2D eigenvalue weighted by Crippen LogP contribution is -2.45. The molecule has 12 heavy (non-hydrogen) atoms. The van der Waals surface area contributed by atoms with Crippen molar-refractivity contribution >= 4 is 5.97 Å². The number of carbonyl (C=O) groups is 1. The summed E-state index contributed by atoms with van der Waals surface area (Å²) >= 11 is 0. The van der Waals surface area contributed by atoms with Crippen LogP contribution in [0.1, 0.15) is 13.8 Å². The summed E-state index contributed by atoms with van der Waals surface area (Å²) in [5, 5.41) is 0. The van der Waals surface area contributed by atoms with Crippen LogP contribution in [0.4, 0.5) is 0 Å². The van der Waals surface area contributed by atoms with Gasteiger partial charge in [0.05, 0.1) is 19.8 Å². The van der Waals surface area contributed by atoms with Crippen molar-refractivity contribution < 1.29 is 14.3 Å². The molecule has 1 rings (SSSR count). The molecule has 0 aromatic rings. The summed E-state index contributed by atoms with van der Waals surface area (Å²) in [6.45, 7) is 4.76. The number of rotatable bonds is 2. The van der Waals surface area contributed by atoms with Crippen molar-refractivity contribution in [2.24, 2.45) is 11.1 Å². The SMILES string of the molecule is CCOC(=O)[C@]1(C)COCC1N. The van der Waals surface area contributed by atoms with Crippen LogP contribution in [0.5, 0.6) is 0 Å². The van der Waals surface area contributed by atoms with Crippen molar-refractivity contribution in [1.29, 1.82) is 0 Å². The second-order valence-electron chi connectivity index (χ2n) is 3.26. The highest BCUT2D eigenvalue weighted by molar-refractivity contribution is 5.77. The van der Waals surface area contributed by atoms with E-state index in [1.165, 1.54) is 0 Å². The Morgan fingerprint density at radius 3 is 2.92 bits per heavy atom.